The molecule has 0 bridgehead atoms. The maximum Gasteiger partial charge on any atom is 0.138 e. The van der Waals surface area contributed by atoms with Gasteiger partial charge in [0.1, 0.15) is 12.4 Å². The summed E-state index contributed by atoms with van der Waals surface area (Å²) in [5, 5.41) is 0. The van der Waals surface area contributed by atoms with Crippen LogP contribution in [0.5, 0.6) is 5.75 Å². The van der Waals surface area contributed by atoms with E-state index in [0.717, 1.165) is 18.6 Å². The van der Waals surface area contributed by atoms with Crippen LogP contribution in [0.25, 0.3) is 0 Å². The lowest BCUT2D eigenvalue weighted by atomic mass is 10.3. The van der Waals surface area contributed by atoms with Crippen molar-refractivity contribution in [3.05, 3.63) is 24.0 Å². The molecule has 1 aromatic heterocycles. The number of pyridine rings is 1. The molecule has 0 atom stereocenters. The number of hydrogen-bond donors (Lipinski definition) is 0. The number of hydrogen-bond acceptors (Lipinski definition) is 3. The second-order valence-corrected chi connectivity index (χ2v) is 3.99. The van der Waals surface area contributed by atoms with E-state index >= 15 is 0 Å². The Morgan fingerprint density at radius 3 is 2.94 bits per heavy atom. The summed E-state index contributed by atoms with van der Waals surface area (Å²) in [5.74, 6) is 7.21. The average molecular weight is 268 g/mol. The van der Waals surface area contributed by atoms with Crippen LogP contribution in [0.1, 0.15) is 25.3 Å². The molecule has 0 amide bonds. The molecule has 0 aliphatic carbocycles. The van der Waals surface area contributed by atoms with E-state index in [1.54, 1.807) is 12.4 Å². The van der Waals surface area contributed by atoms with Gasteiger partial charge in [-0.3, -0.25) is 4.98 Å². The molecule has 4 heteroatoms. The molecule has 0 aromatic carbocycles. The summed E-state index contributed by atoms with van der Waals surface area (Å²) in [4.78, 5) is 4.08. The zero-order chi connectivity index (χ0) is 13.1. The zero-order valence-electron chi connectivity index (χ0n) is 10.6. The van der Waals surface area contributed by atoms with Gasteiger partial charge in [-0.05, 0) is 12.5 Å². The lowest BCUT2D eigenvalue weighted by Crippen LogP contribution is -2.07. The third-order valence-corrected chi connectivity index (χ3v) is 2.20. The van der Waals surface area contributed by atoms with Gasteiger partial charge in [0.25, 0.3) is 0 Å². The van der Waals surface area contributed by atoms with E-state index in [0.29, 0.717) is 31.3 Å². The molecule has 0 saturated carbocycles. The second-order valence-electron chi connectivity index (χ2n) is 3.61. The number of ether oxygens (including phenoxy) is 2. The van der Waals surface area contributed by atoms with Crippen LogP contribution in [-0.4, -0.2) is 30.7 Å². The van der Waals surface area contributed by atoms with E-state index < -0.39 is 0 Å². The molecule has 1 rings (SSSR count). The molecule has 0 radical (unpaired) electrons. The minimum Gasteiger partial charge on any atom is -0.490 e. The van der Waals surface area contributed by atoms with Crippen molar-refractivity contribution in [2.45, 2.75) is 19.8 Å². The summed E-state index contributed by atoms with van der Waals surface area (Å²) >= 11 is 5.55. The normalized spacial score (nSPS) is 9.67. The second kappa shape index (κ2) is 9.76. The summed E-state index contributed by atoms with van der Waals surface area (Å²) in [5.41, 5.74) is 0.840. The molecule has 0 fully saturated rings. The van der Waals surface area contributed by atoms with Crippen LogP contribution < -0.4 is 4.74 Å². The van der Waals surface area contributed by atoms with Gasteiger partial charge in [0.05, 0.1) is 12.8 Å². The lowest BCUT2D eigenvalue weighted by molar-refractivity contribution is 0.100. The maximum atomic E-state index is 5.55. The first-order chi connectivity index (χ1) is 8.86. The largest absolute Gasteiger partial charge is 0.490 e. The first-order valence-corrected chi connectivity index (χ1v) is 6.60. The van der Waals surface area contributed by atoms with Crippen molar-refractivity contribution < 1.29 is 9.47 Å². The number of aromatic nitrogens is 1. The van der Waals surface area contributed by atoms with Gasteiger partial charge < -0.3 is 9.47 Å². The van der Waals surface area contributed by atoms with Gasteiger partial charge >= 0.3 is 0 Å². The van der Waals surface area contributed by atoms with E-state index in [2.05, 4.69) is 23.7 Å². The van der Waals surface area contributed by atoms with Gasteiger partial charge in [0.15, 0.2) is 0 Å². The van der Waals surface area contributed by atoms with Gasteiger partial charge in [-0.1, -0.05) is 18.8 Å². The Morgan fingerprint density at radius 2 is 2.17 bits per heavy atom. The average Bonchev–Trinajstić information content (AvgIpc) is 2.39. The predicted molar refractivity (Wildman–Crippen MR) is 73.1 cm³/mol. The van der Waals surface area contributed by atoms with Crippen LogP contribution in [0, 0.1) is 11.8 Å². The van der Waals surface area contributed by atoms with E-state index in [-0.39, 0.29) is 0 Å². The Morgan fingerprint density at radius 1 is 1.28 bits per heavy atom. The van der Waals surface area contributed by atoms with Gasteiger partial charge in [-0.15, -0.1) is 11.6 Å². The highest BCUT2D eigenvalue weighted by Gasteiger charge is 1.96. The minimum absolute atomic E-state index is 0.528. The summed E-state index contributed by atoms with van der Waals surface area (Å²) in [6, 6.07) is 1.87. The van der Waals surface area contributed by atoms with Crippen LogP contribution >= 0.6 is 11.6 Å². The Labute approximate surface area is 113 Å². The van der Waals surface area contributed by atoms with Crippen molar-refractivity contribution in [1.29, 1.82) is 0 Å². The highest BCUT2D eigenvalue weighted by molar-refractivity contribution is 6.18. The Bertz CT molecular complexity index is 398. The predicted octanol–water partition coefficient (Wildman–Crippen LogP) is 2.87. The number of halogens is 1. The fourth-order valence-corrected chi connectivity index (χ4v) is 1.34. The monoisotopic (exact) mass is 267 g/mol. The molecule has 1 aromatic rings. The maximum absolute atomic E-state index is 5.55. The first kappa shape index (κ1) is 14.8. The standard InChI is InChI=1S/C14H18ClNO2/c1-2-7-17-8-9-18-14-10-13(11-16-12-14)5-3-4-6-15/h10-12H,2,4,6-9H2,1H3. The first-order valence-electron chi connectivity index (χ1n) is 6.07. The minimum atomic E-state index is 0.528. The van der Waals surface area contributed by atoms with Crippen molar-refractivity contribution in [2.75, 3.05) is 25.7 Å². The molecule has 3 nitrogen and oxygen atoms in total. The van der Waals surface area contributed by atoms with Crippen LogP contribution in [0.2, 0.25) is 0 Å². The molecule has 0 aliphatic rings. The SMILES string of the molecule is CCCOCCOc1cncc(C#CCCCl)c1. The third kappa shape index (κ3) is 6.48. The number of alkyl halides is 1. The van der Waals surface area contributed by atoms with Gasteiger partial charge in [-0.25, -0.2) is 0 Å². The fourth-order valence-electron chi connectivity index (χ4n) is 1.24. The van der Waals surface area contributed by atoms with Gasteiger partial charge in [0.2, 0.25) is 0 Å². The Hall–Kier alpha value is -1.24. The molecule has 0 unspecified atom stereocenters. The molecule has 1 heterocycles. The Balaban J connectivity index is 2.38. The van der Waals surface area contributed by atoms with Crippen LogP contribution in [0.15, 0.2) is 18.5 Å². The third-order valence-electron chi connectivity index (χ3n) is 2.01. The summed E-state index contributed by atoms with van der Waals surface area (Å²) < 4.78 is 10.8. The molecular formula is C14H18ClNO2. The Kier molecular flexibility index (Phi) is 8.03. The molecule has 0 N–H and O–H groups in total. The van der Waals surface area contributed by atoms with Crippen molar-refractivity contribution >= 4 is 11.6 Å². The molecule has 0 saturated heterocycles. The molecule has 18 heavy (non-hydrogen) atoms. The van der Waals surface area contributed by atoms with Gasteiger partial charge in [0, 0.05) is 30.7 Å². The summed E-state index contributed by atoms with van der Waals surface area (Å²) in [6.45, 7) is 3.97. The van der Waals surface area contributed by atoms with E-state index in [4.69, 9.17) is 21.1 Å². The van der Waals surface area contributed by atoms with Crippen LogP contribution in [-0.2, 0) is 4.74 Å². The van der Waals surface area contributed by atoms with E-state index in [1.807, 2.05) is 6.07 Å². The number of nitrogens with zero attached hydrogens (tertiary/aromatic N) is 1. The summed E-state index contributed by atoms with van der Waals surface area (Å²) in [7, 11) is 0. The van der Waals surface area contributed by atoms with Gasteiger partial charge in [-0.2, -0.15) is 0 Å². The molecule has 98 valence electrons. The van der Waals surface area contributed by atoms with E-state index in [1.165, 1.54) is 0 Å². The van der Waals surface area contributed by atoms with Crippen LogP contribution in [0.3, 0.4) is 0 Å². The number of rotatable bonds is 7. The fraction of sp³-hybridized carbons (Fsp3) is 0.500. The van der Waals surface area contributed by atoms with E-state index in [9.17, 15) is 0 Å². The molecule has 0 spiro atoms. The smallest absolute Gasteiger partial charge is 0.138 e. The van der Waals surface area contributed by atoms with Crippen molar-refractivity contribution in [2.24, 2.45) is 0 Å². The summed E-state index contributed by atoms with van der Waals surface area (Å²) in [6.07, 6.45) is 5.08. The molecule has 0 aliphatic heterocycles. The van der Waals surface area contributed by atoms with Crippen molar-refractivity contribution in [1.82, 2.24) is 4.98 Å². The lowest BCUT2D eigenvalue weighted by Gasteiger charge is -2.06. The van der Waals surface area contributed by atoms with Crippen molar-refractivity contribution in [3.63, 3.8) is 0 Å². The quantitative estimate of drug-likeness (QED) is 0.432. The highest BCUT2D eigenvalue weighted by atomic mass is 35.5. The molecular weight excluding hydrogens is 250 g/mol. The zero-order valence-corrected chi connectivity index (χ0v) is 11.4. The highest BCUT2D eigenvalue weighted by Crippen LogP contribution is 2.10. The van der Waals surface area contributed by atoms with Crippen molar-refractivity contribution in [3.8, 4) is 17.6 Å². The van der Waals surface area contributed by atoms with Crippen LogP contribution in [0.4, 0.5) is 0 Å². The topological polar surface area (TPSA) is 31.4 Å².